The van der Waals surface area contributed by atoms with Gasteiger partial charge in [-0.15, -0.1) is 0 Å². The number of unbranched alkanes of at least 4 members (excludes halogenated alkanes) is 2. The van der Waals surface area contributed by atoms with E-state index in [2.05, 4.69) is 16.0 Å². The van der Waals surface area contributed by atoms with Crippen molar-refractivity contribution in [3.63, 3.8) is 0 Å². The molecule has 1 unspecified atom stereocenters. The molecule has 246 valence electrons. The van der Waals surface area contributed by atoms with Gasteiger partial charge in [-0.1, -0.05) is 75.6 Å². The van der Waals surface area contributed by atoms with Gasteiger partial charge in [-0.05, 0) is 49.3 Å². The Morgan fingerprint density at radius 1 is 1.09 bits per heavy atom. The maximum atomic E-state index is 13.7. The lowest BCUT2D eigenvalue weighted by atomic mass is 9.84. The number of rotatable bonds is 16. The van der Waals surface area contributed by atoms with Gasteiger partial charge in [0.25, 0.3) is 0 Å². The Balaban J connectivity index is 1.80. The summed E-state index contributed by atoms with van der Waals surface area (Å²) < 4.78 is 45.7. The van der Waals surface area contributed by atoms with Crippen molar-refractivity contribution in [2.45, 2.75) is 108 Å². The highest BCUT2D eigenvalue weighted by atomic mass is 35.5. The van der Waals surface area contributed by atoms with Crippen LogP contribution in [0.2, 0.25) is 5.02 Å². The number of benzene rings is 1. The van der Waals surface area contributed by atoms with Gasteiger partial charge in [0, 0.05) is 23.9 Å². The van der Waals surface area contributed by atoms with E-state index in [1.54, 1.807) is 24.3 Å². The molecular formula is C30H44ClN3O9S. The van der Waals surface area contributed by atoms with E-state index in [1.807, 2.05) is 6.92 Å². The van der Waals surface area contributed by atoms with Crippen LogP contribution in [-0.2, 0) is 40.6 Å². The molecule has 0 bridgehead atoms. The maximum Gasteiger partial charge on any atom is 0.408 e. The molecule has 44 heavy (non-hydrogen) atoms. The summed E-state index contributed by atoms with van der Waals surface area (Å²) in [5.74, 6) is -2.49. The predicted octanol–water partition coefficient (Wildman–Crippen LogP) is 4.25. The predicted molar refractivity (Wildman–Crippen MR) is 163 cm³/mol. The van der Waals surface area contributed by atoms with Crippen molar-refractivity contribution in [2.24, 2.45) is 11.8 Å². The van der Waals surface area contributed by atoms with E-state index in [0.29, 0.717) is 30.0 Å². The van der Waals surface area contributed by atoms with E-state index >= 15 is 0 Å². The third-order valence-corrected chi connectivity index (χ3v) is 9.29. The van der Waals surface area contributed by atoms with Crippen molar-refractivity contribution >= 4 is 45.6 Å². The average Bonchev–Trinajstić information content (AvgIpc) is 3.38. The fourth-order valence-corrected chi connectivity index (χ4v) is 6.74. The van der Waals surface area contributed by atoms with Gasteiger partial charge in [0.1, 0.15) is 12.6 Å². The summed E-state index contributed by atoms with van der Waals surface area (Å²) in [4.78, 5) is 51.5. The number of ether oxygens (including phenoxy) is 2. The zero-order valence-corrected chi connectivity index (χ0v) is 26.7. The van der Waals surface area contributed by atoms with E-state index in [-0.39, 0.29) is 37.7 Å². The van der Waals surface area contributed by atoms with Crippen LogP contribution in [0.15, 0.2) is 24.3 Å². The van der Waals surface area contributed by atoms with Crippen molar-refractivity contribution in [3.05, 3.63) is 34.9 Å². The van der Waals surface area contributed by atoms with Crippen LogP contribution in [0.25, 0.3) is 0 Å². The van der Waals surface area contributed by atoms with Crippen molar-refractivity contribution in [1.82, 2.24) is 16.0 Å². The van der Waals surface area contributed by atoms with E-state index in [1.165, 1.54) is 0 Å². The number of amides is 3. The second kappa shape index (κ2) is 17.6. The number of carbonyl (C=O) groups is 4. The molecule has 4 N–H and O–H groups in total. The number of alkyl carbamates (subject to hydrolysis) is 1. The average molecular weight is 658 g/mol. The van der Waals surface area contributed by atoms with Gasteiger partial charge in [0.2, 0.25) is 17.3 Å². The molecule has 0 radical (unpaired) electrons. The lowest BCUT2D eigenvalue weighted by Crippen LogP contribution is -2.56. The fourth-order valence-electron chi connectivity index (χ4n) is 5.70. The molecule has 1 heterocycles. The van der Waals surface area contributed by atoms with Crippen LogP contribution in [0.4, 0.5) is 4.79 Å². The van der Waals surface area contributed by atoms with E-state index in [9.17, 15) is 32.1 Å². The molecule has 1 saturated heterocycles. The topological polar surface area (TPSA) is 177 Å². The molecule has 4 atom stereocenters. The lowest BCUT2D eigenvalue weighted by molar-refractivity contribution is -0.148. The monoisotopic (exact) mass is 657 g/mol. The molecule has 1 saturated carbocycles. The van der Waals surface area contributed by atoms with Crippen LogP contribution in [-0.4, -0.2) is 60.9 Å². The number of hydrogen-bond donors (Lipinski definition) is 4. The summed E-state index contributed by atoms with van der Waals surface area (Å²) in [5, 5.41) is 8.34. The summed E-state index contributed by atoms with van der Waals surface area (Å²) >= 11 is 6.01. The first-order valence-corrected chi connectivity index (χ1v) is 17.3. The molecule has 2 fully saturated rings. The molecule has 14 heteroatoms. The quantitative estimate of drug-likeness (QED) is 0.115. The molecule has 1 aliphatic carbocycles. The Kier molecular flexibility index (Phi) is 14.2. The summed E-state index contributed by atoms with van der Waals surface area (Å²) in [6, 6.07) is 4.19. The van der Waals surface area contributed by atoms with Crippen LogP contribution in [0.3, 0.4) is 0 Å². The number of esters is 1. The molecule has 12 nitrogen and oxygen atoms in total. The summed E-state index contributed by atoms with van der Waals surface area (Å²) in [6.07, 6.45) is 6.25. The first-order valence-electron chi connectivity index (χ1n) is 15.4. The Hall–Kier alpha value is -2.90. The zero-order valence-electron chi connectivity index (χ0n) is 25.1. The Labute approximate surface area is 264 Å². The minimum absolute atomic E-state index is 0.0746. The highest BCUT2D eigenvalue weighted by Crippen LogP contribution is 2.28. The Bertz CT molecular complexity index is 1240. The van der Waals surface area contributed by atoms with Crippen LogP contribution >= 0.6 is 11.6 Å². The Morgan fingerprint density at radius 2 is 1.84 bits per heavy atom. The summed E-state index contributed by atoms with van der Waals surface area (Å²) in [5.41, 5.74) is -1.49. The van der Waals surface area contributed by atoms with Gasteiger partial charge in [-0.25, -0.2) is 4.79 Å². The zero-order chi connectivity index (χ0) is 32.1. The van der Waals surface area contributed by atoms with Crippen molar-refractivity contribution in [3.8, 4) is 0 Å². The molecule has 1 aliphatic heterocycles. The van der Waals surface area contributed by atoms with Crippen LogP contribution in [0.1, 0.15) is 89.5 Å². The van der Waals surface area contributed by atoms with Gasteiger partial charge in [-0.2, -0.15) is 8.42 Å². The minimum atomic E-state index is -5.03. The minimum Gasteiger partial charge on any atom is -0.445 e. The Morgan fingerprint density at radius 3 is 2.48 bits per heavy atom. The van der Waals surface area contributed by atoms with Gasteiger partial charge >= 0.3 is 22.2 Å². The summed E-state index contributed by atoms with van der Waals surface area (Å²) in [7, 11) is -5.03. The molecule has 1 aromatic carbocycles. The molecule has 3 rings (SSSR count). The van der Waals surface area contributed by atoms with Gasteiger partial charge in [0.15, 0.2) is 0 Å². The summed E-state index contributed by atoms with van der Waals surface area (Å²) in [6.45, 7) is 2.21. The highest BCUT2D eigenvalue weighted by molar-refractivity contribution is 7.86. The van der Waals surface area contributed by atoms with Crippen LogP contribution in [0.5, 0.6) is 0 Å². The first kappa shape index (κ1) is 35.6. The molecular weight excluding hydrogens is 614 g/mol. The normalized spacial score (nSPS) is 19.3. The number of halogens is 1. The van der Waals surface area contributed by atoms with Gasteiger partial charge < -0.3 is 25.4 Å². The van der Waals surface area contributed by atoms with Gasteiger partial charge in [0.05, 0.1) is 6.04 Å². The largest absolute Gasteiger partial charge is 0.445 e. The van der Waals surface area contributed by atoms with Crippen LogP contribution in [0, 0.1) is 11.8 Å². The molecule has 1 aromatic rings. The lowest BCUT2D eigenvalue weighted by Gasteiger charge is -2.30. The van der Waals surface area contributed by atoms with Crippen LogP contribution < -0.4 is 16.0 Å². The highest BCUT2D eigenvalue weighted by Gasteiger charge is 2.41. The first-order chi connectivity index (χ1) is 21.0. The van der Waals surface area contributed by atoms with Crippen molar-refractivity contribution in [1.29, 1.82) is 0 Å². The number of nitrogens with one attached hydrogen (secondary N) is 3. The number of carbonyl (C=O) groups excluding carboxylic acids is 4. The smallest absolute Gasteiger partial charge is 0.408 e. The third-order valence-electron chi connectivity index (χ3n) is 8.04. The number of hydrogen-bond acceptors (Lipinski definition) is 8. The second-order valence-corrected chi connectivity index (χ2v) is 13.5. The molecule has 0 spiro atoms. The van der Waals surface area contributed by atoms with E-state index in [0.717, 1.165) is 44.9 Å². The maximum absolute atomic E-state index is 13.7. The fraction of sp³-hybridized carbons (Fsp3) is 0.667. The van der Waals surface area contributed by atoms with Gasteiger partial charge in [-0.3, -0.25) is 18.9 Å². The molecule has 3 amide bonds. The second-order valence-electron chi connectivity index (χ2n) is 11.6. The van der Waals surface area contributed by atoms with Crippen molar-refractivity contribution in [2.75, 3.05) is 6.54 Å². The van der Waals surface area contributed by atoms with E-state index in [4.69, 9.17) is 21.1 Å². The third kappa shape index (κ3) is 11.9. The molecule has 2 aliphatic rings. The van der Waals surface area contributed by atoms with E-state index < -0.39 is 51.5 Å². The SMILES string of the molecule is CCCCCC(=O)OC([C@H](C[C@@H]1CCNC1=O)NC(=O)[C@H](CC1CCCCC1)NC(=O)OCc1cccc(Cl)c1)S(=O)(=O)O. The van der Waals surface area contributed by atoms with Crippen molar-refractivity contribution < 1.29 is 41.6 Å². The molecule has 0 aromatic heterocycles. The standard InChI is InChI=1S/C30H44ClN3O9S/c1-2-3-5-13-26(35)43-29(44(39,40)41)25(18-22-14-15-32-27(22)36)33-28(37)24(17-20-9-6-4-7-10-20)34-30(38)42-19-21-11-8-12-23(31)16-21/h8,11-12,16,20,22,24-25,29H,2-7,9-10,13-15,17-19H2,1H3,(H,32,36)(H,33,37)(H,34,38)(H,39,40,41)/t22-,24-,25-,29?/m0/s1.